The van der Waals surface area contributed by atoms with Gasteiger partial charge >= 0.3 is 5.70 Å². The Morgan fingerprint density at radius 1 is 0.735 bits per heavy atom. The highest BCUT2D eigenvalue weighted by atomic mass is 32.1. The van der Waals surface area contributed by atoms with E-state index in [1.54, 1.807) is 34.8 Å². The molecule has 0 bridgehead atoms. The van der Waals surface area contributed by atoms with Crippen LogP contribution in [0.1, 0.15) is 19.5 Å². The maximum Gasteiger partial charge on any atom is 0.303 e. The standard InChI is InChI=1S/C26H16N4O2S2/c1-13-6-18(15(3)33-13)20-8-23(17(10-27)11-28)31-25(20)26-21(19-7-14(2)34-16(19)4)9-24(32-26)22(12-29)30-5/h6-9H,1-4H3/b24-22+,26-25+. The van der Waals surface area contributed by atoms with Crippen molar-refractivity contribution in [3.63, 3.8) is 0 Å². The highest BCUT2D eigenvalue weighted by Gasteiger charge is 2.18. The largest absolute Gasteiger partial charge is 0.463 e. The lowest BCUT2D eigenvalue weighted by molar-refractivity contribution is 0.449. The lowest BCUT2D eigenvalue weighted by Crippen LogP contribution is -1.98. The van der Waals surface area contributed by atoms with Gasteiger partial charge in [0.15, 0.2) is 21.8 Å². The molecular weight excluding hydrogens is 464 g/mol. The first-order valence-corrected chi connectivity index (χ1v) is 11.7. The van der Waals surface area contributed by atoms with Gasteiger partial charge in [-0.25, -0.2) is 10.1 Å². The molecule has 0 aliphatic rings. The summed E-state index contributed by atoms with van der Waals surface area (Å²) in [6.45, 7) is 15.3. The van der Waals surface area contributed by atoms with Crippen molar-refractivity contribution >= 4 is 33.9 Å². The van der Waals surface area contributed by atoms with Crippen LogP contribution in [-0.4, -0.2) is 0 Å². The Hall–Kier alpha value is -4.34. The molecule has 0 spiro atoms. The second kappa shape index (κ2) is 8.89. The van der Waals surface area contributed by atoms with Gasteiger partial charge in [-0.15, -0.1) is 22.7 Å². The number of aryl methyl sites for hydroxylation is 4. The minimum Gasteiger partial charge on any atom is -0.463 e. The van der Waals surface area contributed by atoms with E-state index in [0.29, 0.717) is 22.0 Å². The molecule has 4 rings (SSSR count). The second-order valence-electron chi connectivity index (χ2n) is 7.53. The minimum atomic E-state index is -0.172. The molecule has 0 saturated heterocycles. The molecule has 6 nitrogen and oxygen atoms in total. The molecule has 4 heterocycles. The first kappa shape index (κ1) is 22.8. The zero-order chi connectivity index (χ0) is 24.6. The molecule has 0 saturated carbocycles. The summed E-state index contributed by atoms with van der Waals surface area (Å²) in [4.78, 5) is 7.59. The normalized spacial score (nSPS) is 12.4. The molecule has 0 amide bonds. The zero-order valence-electron chi connectivity index (χ0n) is 18.7. The Balaban J connectivity index is 2.34. The van der Waals surface area contributed by atoms with Gasteiger partial charge in [-0.1, -0.05) is 0 Å². The number of nitriles is 3. The summed E-state index contributed by atoms with van der Waals surface area (Å²) in [5, 5.41) is 28.3. The first-order chi connectivity index (χ1) is 16.3. The van der Waals surface area contributed by atoms with Crippen LogP contribution in [0.15, 0.2) is 33.1 Å². The molecule has 0 radical (unpaired) electrons. The summed E-state index contributed by atoms with van der Waals surface area (Å²) in [5.74, 6) is 0. The topological polar surface area (TPSA) is 102 Å². The molecule has 0 aromatic carbocycles. The molecule has 8 heteroatoms. The van der Waals surface area contributed by atoms with Crippen LogP contribution in [-0.2, 0) is 0 Å². The van der Waals surface area contributed by atoms with Gasteiger partial charge in [-0.05, 0) is 63.1 Å². The Kier molecular flexibility index (Phi) is 5.97. The van der Waals surface area contributed by atoms with Crippen molar-refractivity contribution in [2.75, 3.05) is 0 Å². The average molecular weight is 481 g/mol. The Morgan fingerprint density at radius 2 is 1.21 bits per heavy atom. The van der Waals surface area contributed by atoms with E-state index in [0.717, 1.165) is 30.6 Å². The maximum absolute atomic E-state index is 9.44. The van der Waals surface area contributed by atoms with Crippen LogP contribution in [0, 0.1) is 79.1 Å². The summed E-state index contributed by atoms with van der Waals surface area (Å²) in [7, 11) is 0. The van der Waals surface area contributed by atoms with E-state index in [2.05, 4.69) is 4.85 Å². The molecule has 4 aromatic heterocycles. The summed E-state index contributed by atoms with van der Waals surface area (Å²) in [6.07, 6.45) is 0. The molecule has 0 fully saturated rings. The van der Waals surface area contributed by atoms with Crippen LogP contribution in [0.2, 0.25) is 0 Å². The lowest BCUT2D eigenvalue weighted by atomic mass is 10.1. The van der Waals surface area contributed by atoms with E-state index < -0.39 is 0 Å². The van der Waals surface area contributed by atoms with Crippen LogP contribution >= 0.6 is 22.7 Å². The third-order valence-corrected chi connectivity index (χ3v) is 7.19. The third kappa shape index (κ3) is 3.83. The lowest BCUT2D eigenvalue weighted by Gasteiger charge is -1.97. The molecule has 0 aliphatic heterocycles. The number of rotatable bonds is 2. The zero-order valence-corrected chi connectivity index (χ0v) is 20.4. The van der Waals surface area contributed by atoms with E-state index in [1.165, 1.54) is 0 Å². The van der Waals surface area contributed by atoms with Gasteiger partial charge in [0, 0.05) is 30.6 Å². The summed E-state index contributed by atoms with van der Waals surface area (Å²) in [5.41, 5.74) is 3.78. The molecule has 0 N–H and O–H groups in total. The Morgan fingerprint density at radius 3 is 1.59 bits per heavy atom. The highest BCUT2D eigenvalue weighted by Crippen LogP contribution is 2.34. The van der Waals surface area contributed by atoms with Gasteiger partial charge in [-0.2, -0.15) is 10.5 Å². The fraction of sp³-hybridized carbons (Fsp3) is 0.154. The van der Waals surface area contributed by atoms with Crippen LogP contribution in [0.3, 0.4) is 0 Å². The van der Waals surface area contributed by atoms with E-state index in [-0.39, 0.29) is 22.1 Å². The van der Waals surface area contributed by atoms with E-state index in [9.17, 15) is 15.8 Å². The number of hydrogen-bond acceptors (Lipinski definition) is 7. The van der Waals surface area contributed by atoms with Crippen molar-refractivity contribution in [2.45, 2.75) is 27.7 Å². The van der Waals surface area contributed by atoms with Crippen LogP contribution in [0.4, 0.5) is 0 Å². The minimum absolute atomic E-state index is 0.134. The Bertz CT molecular complexity index is 1680. The number of furan rings is 2. The van der Waals surface area contributed by atoms with Crippen molar-refractivity contribution < 1.29 is 8.83 Å². The fourth-order valence-corrected chi connectivity index (χ4v) is 5.70. The predicted octanol–water partition coefficient (Wildman–Crippen LogP) is 5.60. The van der Waals surface area contributed by atoms with E-state index >= 15 is 0 Å². The maximum atomic E-state index is 9.44. The fourth-order valence-electron chi connectivity index (χ4n) is 3.83. The van der Waals surface area contributed by atoms with Gasteiger partial charge in [-0.3, -0.25) is 0 Å². The van der Waals surface area contributed by atoms with Gasteiger partial charge in [0.05, 0.1) is 12.6 Å². The second-order valence-corrected chi connectivity index (χ2v) is 10.5. The van der Waals surface area contributed by atoms with Gasteiger partial charge in [0.1, 0.15) is 17.6 Å². The van der Waals surface area contributed by atoms with Gasteiger partial charge < -0.3 is 8.83 Å². The number of nitrogens with zero attached hydrogens (tertiary/aromatic N) is 4. The SMILES string of the molecule is [C-]#[N+]/C(C#N)=c1\cc(-c2cc(C)sc2C)/c(=c2\oc(=C(C#N)C#N)cc2-c2cc(C)sc2C)o1. The number of thiophene rings is 2. The van der Waals surface area contributed by atoms with Crippen LogP contribution in [0.5, 0.6) is 0 Å². The number of hydrogen-bond donors (Lipinski definition) is 0. The van der Waals surface area contributed by atoms with Crippen molar-refractivity contribution in [3.8, 4) is 40.5 Å². The molecule has 0 unspecified atom stereocenters. The molecule has 0 aliphatic carbocycles. The van der Waals surface area contributed by atoms with E-state index in [4.69, 9.17) is 15.4 Å². The summed E-state index contributed by atoms with van der Waals surface area (Å²) < 4.78 is 12.2. The van der Waals surface area contributed by atoms with Gasteiger partial charge in [0.2, 0.25) is 0 Å². The van der Waals surface area contributed by atoms with Crippen LogP contribution in [0.25, 0.3) is 38.4 Å². The predicted molar refractivity (Wildman–Crippen MR) is 130 cm³/mol. The molecule has 164 valence electrons. The van der Waals surface area contributed by atoms with E-state index in [1.807, 2.05) is 58.0 Å². The van der Waals surface area contributed by atoms with Crippen molar-refractivity contribution in [1.29, 1.82) is 15.8 Å². The molecular formula is C26H16N4O2S2. The van der Waals surface area contributed by atoms with Gasteiger partial charge in [0.25, 0.3) is 0 Å². The highest BCUT2D eigenvalue weighted by molar-refractivity contribution is 7.12. The quantitative estimate of drug-likeness (QED) is 0.348. The van der Waals surface area contributed by atoms with Crippen molar-refractivity contribution in [3.05, 3.63) is 76.9 Å². The Labute approximate surface area is 203 Å². The average Bonchev–Trinajstić information content (AvgIpc) is 3.55. The smallest absolute Gasteiger partial charge is 0.303 e. The monoisotopic (exact) mass is 480 g/mol. The summed E-state index contributed by atoms with van der Waals surface area (Å²) >= 11 is 3.25. The van der Waals surface area contributed by atoms with Crippen molar-refractivity contribution in [2.24, 2.45) is 0 Å². The van der Waals surface area contributed by atoms with Crippen molar-refractivity contribution in [1.82, 2.24) is 0 Å². The third-order valence-electron chi connectivity index (χ3n) is 5.25. The molecule has 0 atom stereocenters. The van der Waals surface area contributed by atoms with Crippen LogP contribution < -0.4 is 10.8 Å². The molecule has 4 aromatic rings. The summed E-state index contributed by atoms with van der Waals surface area (Å²) in [6, 6.07) is 13.0. The first-order valence-electron chi connectivity index (χ1n) is 10.1. The molecule has 34 heavy (non-hydrogen) atoms.